The number of methoxy groups -OCH3 is 1. The summed E-state index contributed by atoms with van der Waals surface area (Å²) in [6.07, 6.45) is 0. The second-order valence-corrected chi connectivity index (χ2v) is 7.73. The minimum atomic E-state index is 0.483. The molecule has 0 atom stereocenters. The molecule has 0 unspecified atom stereocenters. The molecule has 28 heavy (non-hydrogen) atoms. The van der Waals surface area contributed by atoms with Gasteiger partial charge in [0.25, 0.3) is 0 Å². The van der Waals surface area contributed by atoms with Gasteiger partial charge in [0, 0.05) is 28.1 Å². The van der Waals surface area contributed by atoms with Crippen LogP contribution < -0.4 is 14.8 Å². The van der Waals surface area contributed by atoms with E-state index in [1.54, 1.807) is 7.11 Å². The maximum absolute atomic E-state index is 6.25. The Morgan fingerprint density at radius 2 is 1.64 bits per heavy atom. The summed E-state index contributed by atoms with van der Waals surface area (Å²) < 4.78 is 12.7. The van der Waals surface area contributed by atoms with E-state index in [-0.39, 0.29) is 0 Å². The molecular weight excluding hydrogens is 438 g/mol. The fourth-order valence-electron chi connectivity index (χ4n) is 2.95. The zero-order valence-corrected chi connectivity index (χ0v) is 18.3. The van der Waals surface area contributed by atoms with E-state index in [1.165, 1.54) is 5.56 Å². The van der Waals surface area contributed by atoms with Crippen molar-refractivity contribution in [1.82, 2.24) is 5.32 Å². The molecule has 0 fully saturated rings. The predicted molar refractivity (Wildman–Crippen MR) is 118 cm³/mol. The van der Waals surface area contributed by atoms with Crippen molar-refractivity contribution in [1.29, 1.82) is 0 Å². The molecule has 3 nitrogen and oxygen atoms in total. The Hall–Kier alpha value is -2.01. The van der Waals surface area contributed by atoms with Crippen LogP contribution in [0.15, 0.2) is 65.1 Å². The van der Waals surface area contributed by atoms with Crippen molar-refractivity contribution in [3.05, 3.63) is 92.4 Å². The quantitative estimate of drug-likeness (QED) is 0.428. The largest absolute Gasteiger partial charge is 0.493 e. The third kappa shape index (κ3) is 5.07. The molecule has 0 aromatic heterocycles. The van der Waals surface area contributed by atoms with Crippen molar-refractivity contribution in [3.8, 4) is 11.5 Å². The SMILES string of the molecule is COc1ccc(Br)c(CNCc2ccccc2Cl)c1OCc1ccccc1C. The maximum atomic E-state index is 6.25. The Morgan fingerprint density at radius 1 is 0.929 bits per heavy atom. The van der Waals surface area contributed by atoms with E-state index >= 15 is 0 Å². The molecule has 3 aromatic rings. The lowest BCUT2D eigenvalue weighted by Gasteiger charge is -2.18. The fourth-order valence-corrected chi connectivity index (χ4v) is 3.61. The number of hydrogen-bond acceptors (Lipinski definition) is 3. The summed E-state index contributed by atoms with van der Waals surface area (Å²) in [6, 6.07) is 19.9. The van der Waals surface area contributed by atoms with Crippen molar-refractivity contribution in [2.24, 2.45) is 0 Å². The van der Waals surface area contributed by atoms with Crippen LogP contribution in [0.2, 0.25) is 5.02 Å². The van der Waals surface area contributed by atoms with Crippen LogP contribution in [-0.4, -0.2) is 7.11 Å². The van der Waals surface area contributed by atoms with E-state index in [2.05, 4.69) is 40.3 Å². The highest BCUT2D eigenvalue weighted by Crippen LogP contribution is 2.37. The van der Waals surface area contributed by atoms with Crippen molar-refractivity contribution >= 4 is 27.5 Å². The molecule has 0 saturated carbocycles. The van der Waals surface area contributed by atoms with E-state index in [4.69, 9.17) is 21.1 Å². The van der Waals surface area contributed by atoms with Gasteiger partial charge in [-0.15, -0.1) is 0 Å². The third-order valence-electron chi connectivity index (χ3n) is 4.60. The van der Waals surface area contributed by atoms with Crippen LogP contribution in [-0.2, 0) is 19.7 Å². The van der Waals surface area contributed by atoms with Gasteiger partial charge in [-0.05, 0) is 41.8 Å². The Kier molecular flexibility index (Phi) is 7.37. The number of rotatable bonds is 8. The minimum absolute atomic E-state index is 0.483. The van der Waals surface area contributed by atoms with Crippen molar-refractivity contribution in [2.45, 2.75) is 26.6 Å². The smallest absolute Gasteiger partial charge is 0.167 e. The van der Waals surface area contributed by atoms with Gasteiger partial charge in [0.2, 0.25) is 0 Å². The molecule has 1 N–H and O–H groups in total. The summed E-state index contributed by atoms with van der Waals surface area (Å²) in [4.78, 5) is 0. The van der Waals surface area contributed by atoms with Crippen LogP contribution in [0.25, 0.3) is 0 Å². The molecule has 0 heterocycles. The van der Waals surface area contributed by atoms with E-state index in [9.17, 15) is 0 Å². The molecule has 0 saturated heterocycles. The maximum Gasteiger partial charge on any atom is 0.167 e. The number of nitrogens with one attached hydrogen (secondary N) is 1. The molecule has 3 aromatic carbocycles. The molecule has 0 aliphatic rings. The van der Waals surface area contributed by atoms with Crippen LogP contribution in [0, 0.1) is 6.92 Å². The summed E-state index contributed by atoms with van der Waals surface area (Å²) in [5.41, 5.74) is 4.43. The number of halogens is 2. The fraction of sp³-hybridized carbons (Fsp3) is 0.217. The number of aryl methyl sites for hydroxylation is 1. The average molecular weight is 461 g/mol. The third-order valence-corrected chi connectivity index (χ3v) is 5.71. The normalized spacial score (nSPS) is 10.7. The van der Waals surface area contributed by atoms with Crippen molar-refractivity contribution < 1.29 is 9.47 Å². The van der Waals surface area contributed by atoms with Gasteiger partial charge in [0.15, 0.2) is 11.5 Å². The highest BCUT2D eigenvalue weighted by Gasteiger charge is 2.15. The van der Waals surface area contributed by atoms with Crippen molar-refractivity contribution in [2.75, 3.05) is 7.11 Å². The standard InChI is InChI=1S/C23H23BrClNO2/c1-16-7-3-4-9-18(16)15-28-23-19(20(24)11-12-22(23)27-2)14-26-13-17-8-5-6-10-21(17)25/h3-12,26H,13-15H2,1-2H3. The van der Waals surface area contributed by atoms with Crippen molar-refractivity contribution in [3.63, 3.8) is 0 Å². The lowest BCUT2D eigenvalue weighted by molar-refractivity contribution is 0.279. The number of ether oxygens (including phenoxy) is 2. The summed E-state index contributed by atoms with van der Waals surface area (Å²) in [5.74, 6) is 1.46. The van der Waals surface area contributed by atoms with Gasteiger partial charge in [-0.1, -0.05) is 70.0 Å². The molecule has 146 valence electrons. The molecule has 0 spiro atoms. The van der Waals surface area contributed by atoms with E-state index in [1.807, 2.05) is 48.5 Å². The Morgan fingerprint density at radius 3 is 2.36 bits per heavy atom. The zero-order chi connectivity index (χ0) is 19.9. The van der Waals surface area contributed by atoms with Gasteiger partial charge in [-0.25, -0.2) is 0 Å². The van der Waals surface area contributed by atoms with Gasteiger partial charge in [0.05, 0.1) is 7.11 Å². The number of hydrogen-bond donors (Lipinski definition) is 1. The van der Waals surface area contributed by atoms with Gasteiger partial charge < -0.3 is 14.8 Å². The minimum Gasteiger partial charge on any atom is -0.493 e. The Bertz CT molecular complexity index is 946. The molecule has 0 bridgehead atoms. The predicted octanol–water partition coefficient (Wildman–Crippen LogP) is 6.29. The Labute approximate surface area is 179 Å². The summed E-state index contributed by atoms with van der Waals surface area (Å²) in [7, 11) is 1.66. The molecule has 0 aliphatic carbocycles. The first-order valence-corrected chi connectivity index (χ1v) is 10.2. The van der Waals surface area contributed by atoms with Crippen LogP contribution in [0.4, 0.5) is 0 Å². The van der Waals surface area contributed by atoms with E-state index in [0.29, 0.717) is 25.4 Å². The van der Waals surface area contributed by atoms with Gasteiger partial charge in [0.1, 0.15) is 6.61 Å². The monoisotopic (exact) mass is 459 g/mol. The lowest BCUT2D eigenvalue weighted by Crippen LogP contribution is -2.15. The van der Waals surface area contributed by atoms with Crippen LogP contribution in [0.1, 0.15) is 22.3 Å². The molecular formula is C23H23BrClNO2. The van der Waals surface area contributed by atoms with E-state index in [0.717, 1.165) is 31.9 Å². The topological polar surface area (TPSA) is 30.5 Å². The van der Waals surface area contributed by atoms with Gasteiger partial charge in [-0.2, -0.15) is 0 Å². The van der Waals surface area contributed by atoms with Crippen LogP contribution in [0.3, 0.4) is 0 Å². The second kappa shape index (κ2) is 9.97. The molecule has 3 rings (SSSR count). The summed E-state index contributed by atoms with van der Waals surface area (Å²) >= 11 is 9.91. The van der Waals surface area contributed by atoms with Crippen LogP contribution >= 0.6 is 27.5 Å². The summed E-state index contributed by atoms with van der Waals surface area (Å²) in [5, 5.41) is 4.21. The highest BCUT2D eigenvalue weighted by atomic mass is 79.9. The van der Waals surface area contributed by atoms with E-state index < -0.39 is 0 Å². The first-order valence-electron chi connectivity index (χ1n) is 9.07. The molecule has 0 radical (unpaired) electrons. The first-order chi connectivity index (χ1) is 13.6. The molecule has 0 aliphatic heterocycles. The van der Waals surface area contributed by atoms with Gasteiger partial charge in [-0.3, -0.25) is 0 Å². The Balaban J connectivity index is 1.77. The molecule has 0 amide bonds. The highest BCUT2D eigenvalue weighted by molar-refractivity contribution is 9.10. The molecule has 5 heteroatoms. The average Bonchev–Trinajstić information content (AvgIpc) is 2.70. The van der Waals surface area contributed by atoms with Crippen LogP contribution in [0.5, 0.6) is 11.5 Å². The second-order valence-electron chi connectivity index (χ2n) is 6.47. The number of benzene rings is 3. The lowest BCUT2D eigenvalue weighted by atomic mass is 10.1. The first kappa shape index (κ1) is 20.7. The zero-order valence-electron chi connectivity index (χ0n) is 16.0. The van der Waals surface area contributed by atoms with Gasteiger partial charge >= 0.3 is 0 Å². The summed E-state index contributed by atoms with van der Waals surface area (Å²) in [6.45, 7) is 3.85.